The van der Waals surface area contributed by atoms with Crippen LogP contribution in [0.1, 0.15) is 10.4 Å². The maximum Gasteiger partial charge on any atom is 0.327 e. The van der Waals surface area contributed by atoms with Crippen molar-refractivity contribution in [2.45, 2.75) is 6.04 Å². The first kappa shape index (κ1) is 13.0. The number of hydrogen-bond acceptors (Lipinski definition) is 4. The Morgan fingerprint density at radius 2 is 2.17 bits per heavy atom. The van der Waals surface area contributed by atoms with E-state index in [1.54, 1.807) is 0 Å². The van der Waals surface area contributed by atoms with Crippen molar-refractivity contribution in [2.75, 3.05) is 11.6 Å². The minimum Gasteiger partial charge on any atom is -0.507 e. The Hall–Kier alpha value is -1.40. The number of carbonyl (C=O) groups excluding carboxylic acids is 1. The molecule has 5 nitrogen and oxygen atoms in total. The molecule has 1 aliphatic rings. The zero-order valence-corrected chi connectivity index (χ0v) is 10.7. The lowest BCUT2D eigenvalue weighted by Gasteiger charge is -2.20. The van der Waals surface area contributed by atoms with Gasteiger partial charge in [0.05, 0.1) is 11.4 Å². The molecule has 1 fully saturated rings. The molecule has 1 aromatic carbocycles. The summed E-state index contributed by atoms with van der Waals surface area (Å²) in [5, 5.41) is 19.0. The lowest BCUT2D eigenvalue weighted by atomic mass is 10.1. The smallest absolute Gasteiger partial charge is 0.327 e. The molecule has 2 rings (SSSR count). The molecule has 0 aliphatic carbocycles. The van der Waals surface area contributed by atoms with Gasteiger partial charge in [-0.1, -0.05) is 11.6 Å². The molecular weight excluding hydrogens is 278 g/mol. The highest BCUT2D eigenvalue weighted by Crippen LogP contribution is 2.28. The fourth-order valence-electron chi connectivity index (χ4n) is 1.69. The van der Waals surface area contributed by atoms with Crippen molar-refractivity contribution in [2.24, 2.45) is 0 Å². The molecule has 0 spiro atoms. The first-order chi connectivity index (χ1) is 8.50. The third kappa shape index (κ3) is 2.39. The second-order valence-electron chi connectivity index (χ2n) is 3.79. The van der Waals surface area contributed by atoms with Crippen LogP contribution in [0.25, 0.3) is 0 Å². The fourth-order valence-corrected chi connectivity index (χ4v) is 3.00. The second kappa shape index (κ2) is 5.07. The number of benzene rings is 1. The lowest BCUT2D eigenvalue weighted by Crippen LogP contribution is -2.41. The highest BCUT2D eigenvalue weighted by atomic mass is 35.5. The van der Waals surface area contributed by atoms with Gasteiger partial charge in [-0.25, -0.2) is 4.79 Å². The number of phenolic OH excluding ortho intramolecular Hbond substituents is 1. The molecule has 0 radical (unpaired) electrons. The van der Waals surface area contributed by atoms with Crippen molar-refractivity contribution < 1.29 is 19.8 Å². The molecule has 0 unspecified atom stereocenters. The number of carbonyl (C=O) groups is 2. The number of rotatable bonds is 2. The Bertz CT molecular complexity index is 508. The molecule has 1 aromatic rings. The van der Waals surface area contributed by atoms with Crippen LogP contribution in [0.3, 0.4) is 0 Å². The molecule has 1 saturated heterocycles. The van der Waals surface area contributed by atoms with E-state index in [4.69, 9.17) is 16.7 Å². The quantitative estimate of drug-likeness (QED) is 0.865. The van der Waals surface area contributed by atoms with Crippen LogP contribution in [-0.4, -0.2) is 44.7 Å². The molecule has 1 amide bonds. The highest BCUT2D eigenvalue weighted by Gasteiger charge is 2.35. The van der Waals surface area contributed by atoms with Crippen molar-refractivity contribution in [1.29, 1.82) is 0 Å². The van der Waals surface area contributed by atoms with Crippen molar-refractivity contribution in [3.63, 3.8) is 0 Å². The van der Waals surface area contributed by atoms with Gasteiger partial charge in [-0.3, -0.25) is 4.79 Å². The van der Waals surface area contributed by atoms with Gasteiger partial charge in [0.15, 0.2) is 0 Å². The van der Waals surface area contributed by atoms with Crippen LogP contribution in [0.5, 0.6) is 5.75 Å². The molecular formula is C11H10ClNO4S. The number of halogens is 1. The Morgan fingerprint density at radius 1 is 1.44 bits per heavy atom. The number of aliphatic carboxylic acids is 1. The largest absolute Gasteiger partial charge is 0.507 e. The summed E-state index contributed by atoms with van der Waals surface area (Å²) in [6.45, 7) is 0. The molecule has 1 heterocycles. The van der Waals surface area contributed by atoms with Crippen LogP contribution in [0.2, 0.25) is 5.02 Å². The van der Waals surface area contributed by atoms with Crippen LogP contribution < -0.4 is 0 Å². The molecule has 2 N–H and O–H groups in total. The van der Waals surface area contributed by atoms with E-state index in [0.29, 0.717) is 16.7 Å². The van der Waals surface area contributed by atoms with E-state index >= 15 is 0 Å². The predicted molar refractivity (Wildman–Crippen MR) is 68.0 cm³/mol. The Balaban J connectivity index is 2.28. The zero-order chi connectivity index (χ0) is 13.3. The number of thioether (sulfide) groups is 1. The van der Waals surface area contributed by atoms with Gasteiger partial charge >= 0.3 is 5.97 Å². The van der Waals surface area contributed by atoms with Crippen molar-refractivity contribution in [3.05, 3.63) is 28.8 Å². The van der Waals surface area contributed by atoms with Gasteiger partial charge in [0.2, 0.25) is 0 Å². The monoisotopic (exact) mass is 287 g/mol. The van der Waals surface area contributed by atoms with E-state index in [1.165, 1.54) is 34.9 Å². The number of phenols is 1. The number of hydrogen-bond donors (Lipinski definition) is 2. The number of nitrogens with zero attached hydrogens (tertiary/aromatic N) is 1. The van der Waals surface area contributed by atoms with Crippen molar-refractivity contribution in [3.8, 4) is 5.75 Å². The molecule has 1 aliphatic heterocycles. The van der Waals surface area contributed by atoms with E-state index in [1.807, 2.05) is 0 Å². The Labute approximate surface area is 112 Å². The summed E-state index contributed by atoms with van der Waals surface area (Å²) < 4.78 is 0. The van der Waals surface area contributed by atoms with Gasteiger partial charge < -0.3 is 15.1 Å². The molecule has 18 heavy (non-hydrogen) atoms. The molecule has 1 atom stereocenters. The molecule has 0 saturated carbocycles. The summed E-state index contributed by atoms with van der Waals surface area (Å²) in [5.74, 6) is -1.12. The SMILES string of the molecule is O=C(O)[C@@H]1CSCN1C(=O)c1ccc(Cl)cc1O. The van der Waals surface area contributed by atoms with Crippen LogP contribution in [0.4, 0.5) is 0 Å². The van der Waals surface area contributed by atoms with E-state index in [9.17, 15) is 14.7 Å². The van der Waals surface area contributed by atoms with Gasteiger partial charge in [0.1, 0.15) is 11.8 Å². The molecule has 7 heteroatoms. The van der Waals surface area contributed by atoms with Crippen LogP contribution >= 0.6 is 23.4 Å². The number of carboxylic acids is 1. The van der Waals surface area contributed by atoms with E-state index < -0.39 is 17.9 Å². The van der Waals surface area contributed by atoms with Gasteiger partial charge in [-0.05, 0) is 18.2 Å². The van der Waals surface area contributed by atoms with Crippen molar-refractivity contribution >= 4 is 35.2 Å². The summed E-state index contributed by atoms with van der Waals surface area (Å²) in [6, 6.07) is 3.28. The Kier molecular flexibility index (Phi) is 3.68. The normalized spacial score (nSPS) is 18.9. The maximum atomic E-state index is 12.1. The minimum atomic E-state index is -1.04. The number of carboxylic acid groups (broad SMARTS) is 1. The average molecular weight is 288 g/mol. The molecule has 0 bridgehead atoms. The molecule has 96 valence electrons. The molecule has 0 aromatic heterocycles. The summed E-state index contributed by atoms with van der Waals surface area (Å²) in [7, 11) is 0. The number of aromatic hydroxyl groups is 1. The zero-order valence-electron chi connectivity index (χ0n) is 9.17. The van der Waals surface area contributed by atoms with E-state index in [0.717, 1.165) is 0 Å². The lowest BCUT2D eigenvalue weighted by molar-refractivity contribution is -0.140. The standard InChI is InChI=1S/C11H10ClNO4S/c12-6-1-2-7(9(14)3-6)10(15)13-5-18-4-8(13)11(16)17/h1-3,8,14H,4-5H2,(H,16,17)/t8-/m0/s1. The summed E-state index contributed by atoms with van der Waals surface area (Å²) in [6.07, 6.45) is 0. The van der Waals surface area contributed by atoms with Crippen LogP contribution in [0.15, 0.2) is 18.2 Å². The van der Waals surface area contributed by atoms with Crippen molar-refractivity contribution in [1.82, 2.24) is 4.90 Å². The highest BCUT2D eigenvalue weighted by molar-refractivity contribution is 7.99. The Morgan fingerprint density at radius 3 is 2.78 bits per heavy atom. The fraction of sp³-hybridized carbons (Fsp3) is 0.273. The van der Waals surface area contributed by atoms with Gasteiger partial charge in [-0.15, -0.1) is 11.8 Å². The van der Waals surface area contributed by atoms with Gasteiger partial charge in [-0.2, -0.15) is 0 Å². The number of amides is 1. The topological polar surface area (TPSA) is 77.8 Å². The predicted octanol–water partition coefficient (Wildman–Crippen LogP) is 1.65. The second-order valence-corrected chi connectivity index (χ2v) is 5.23. The first-order valence-corrected chi connectivity index (χ1v) is 6.64. The third-order valence-electron chi connectivity index (χ3n) is 2.62. The summed E-state index contributed by atoms with van der Waals surface area (Å²) >= 11 is 7.04. The summed E-state index contributed by atoms with van der Waals surface area (Å²) in [4.78, 5) is 24.4. The van der Waals surface area contributed by atoms with E-state index in [2.05, 4.69) is 0 Å². The van der Waals surface area contributed by atoms with E-state index in [-0.39, 0.29) is 11.3 Å². The third-order valence-corrected chi connectivity index (χ3v) is 3.87. The average Bonchev–Trinajstić information content (AvgIpc) is 2.77. The van der Waals surface area contributed by atoms with Gasteiger partial charge in [0.25, 0.3) is 5.91 Å². The summed E-state index contributed by atoms with van der Waals surface area (Å²) in [5.41, 5.74) is 0.0631. The first-order valence-electron chi connectivity index (χ1n) is 5.10. The maximum absolute atomic E-state index is 12.1. The van der Waals surface area contributed by atoms with Crippen LogP contribution in [-0.2, 0) is 4.79 Å². The van der Waals surface area contributed by atoms with Gasteiger partial charge in [0, 0.05) is 10.8 Å². The minimum absolute atomic E-state index is 0.0631. The van der Waals surface area contributed by atoms with Crippen LogP contribution in [0, 0.1) is 0 Å².